The van der Waals surface area contributed by atoms with Gasteiger partial charge in [0.25, 0.3) is 5.91 Å². The van der Waals surface area contributed by atoms with Gasteiger partial charge in [0.15, 0.2) is 0 Å². The van der Waals surface area contributed by atoms with Crippen molar-refractivity contribution >= 4 is 23.4 Å². The molecule has 0 saturated carbocycles. The van der Waals surface area contributed by atoms with Gasteiger partial charge in [-0.2, -0.15) is 5.10 Å². The molecule has 0 aliphatic carbocycles. The Hall–Kier alpha value is -2.21. The molecular weight excluding hydrogens is 284 g/mol. The van der Waals surface area contributed by atoms with Crippen molar-refractivity contribution in [2.75, 3.05) is 12.3 Å². The lowest BCUT2D eigenvalue weighted by molar-refractivity contribution is 0.0763. The first kappa shape index (κ1) is 12.5. The van der Waals surface area contributed by atoms with E-state index in [1.54, 1.807) is 6.20 Å². The van der Waals surface area contributed by atoms with Crippen LogP contribution in [0.15, 0.2) is 52.9 Å². The second kappa shape index (κ2) is 4.96. The molecular formula is C15H12N4OS. The summed E-state index contributed by atoms with van der Waals surface area (Å²) in [6.45, 7) is 0.617. The number of amides is 1. The zero-order chi connectivity index (χ0) is 14.2. The number of carbonyl (C=O) groups excluding carboxylic acids is 1. The van der Waals surface area contributed by atoms with E-state index in [-0.39, 0.29) is 5.91 Å². The van der Waals surface area contributed by atoms with E-state index in [0.717, 1.165) is 17.0 Å². The average molecular weight is 296 g/mol. The van der Waals surface area contributed by atoms with Gasteiger partial charge in [0.2, 0.25) is 0 Å². The van der Waals surface area contributed by atoms with Crippen LogP contribution in [0.4, 0.5) is 0 Å². The van der Waals surface area contributed by atoms with Gasteiger partial charge >= 0.3 is 0 Å². The minimum Gasteiger partial charge on any atom is -0.265 e. The van der Waals surface area contributed by atoms with Crippen molar-refractivity contribution in [3.8, 4) is 0 Å². The van der Waals surface area contributed by atoms with E-state index < -0.39 is 0 Å². The zero-order valence-corrected chi connectivity index (χ0v) is 12.0. The topological polar surface area (TPSA) is 58.5 Å². The number of aromatic nitrogens is 2. The van der Waals surface area contributed by atoms with Crippen molar-refractivity contribution in [2.24, 2.45) is 11.0 Å². The monoisotopic (exact) mass is 296 g/mol. The van der Waals surface area contributed by atoms with Gasteiger partial charge < -0.3 is 0 Å². The summed E-state index contributed by atoms with van der Waals surface area (Å²) >= 11 is 1.83. The molecule has 4 rings (SSSR count). The molecule has 0 fully saturated rings. The largest absolute Gasteiger partial charge is 0.294 e. The quantitative estimate of drug-likeness (QED) is 0.808. The number of thioether (sulfide) groups is 1. The van der Waals surface area contributed by atoms with E-state index in [2.05, 4.69) is 27.2 Å². The Morgan fingerprint density at radius 2 is 2.19 bits per heavy atom. The number of hydrogen-bond acceptors (Lipinski definition) is 5. The van der Waals surface area contributed by atoms with Crippen molar-refractivity contribution in [1.82, 2.24) is 15.0 Å². The summed E-state index contributed by atoms with van der Waals surface area (Å²) in [6, 6.07) is 8.22. The molecule has 0 saturated heterocycles. The van der Waals surface area contributed by atoms with Crippen LogP contribution >= 0.6 is 11.8 Å². The lowest BCUT2D eigenvalue weighted by atomic mass is 9.98. The van der Waals surface area contributed by atoms with Crippen LogP contribution in [0.2, 0.25) is 0 Å². The van der Waals surface area contributed by atoms with E-state index in [1.807, 2.05) is 23.9 Å². The molecule has 2 aromatic rings. The molecule has 1 aromatic heterocycles. The Morgan fingerprint density at radius 3 is 3.05 bits per heavy atom. The summed E-state index contributed by atoms with van der Waals surface area (Å²) in [5.74, 6) is 1.07. The van der Waals surface area contributed by atoms with Crippen LogP contribution < -0.4 is 0 Å². The summed E-state index contributed by atoms with van der Waals surface area (Å²) in [5.41, 5.74) is 2.50. The smallest absolute Gasteiger partial charge is 0.265 e. The molecule has 2 aliphatic heterocycles. The fourth-order valence-electron chi connectivity index (χ4n) is 2.62. The SMILES string of the molecule is O=C(c1cnccn1)N1CC2CSc3ccccc3C2=N1. The molecule has 0 radical (unpaired) electrons. The molecule has 0 bridgehead atoms. The number of carbonyl (C=O) groups is 1. The Labute approximate surface area is 126 Å². The van der Waals surface area contributed by atoms with Gasteiger partial charge in [-0.05, 0) is 6.07 Å². The predicted molar refractivity (Wildman–Crippen MR) is 80.3 cm³/mol. The second-order valence-corrected chi connectivity index (χ2v) is 6.03. The summed E-state index contributed by atoms with van der Waals surface area (Å²) in [4.78, 5) is 21.6. The van der Waals surface area contributed by atoms with Crippen LogP contribution in [0.25, 0.3) is 0 Å². The van der Waals surface area contributed by atoms with Gasteiger partial charge in [-0.1, -0.05) is 18.2 Å². The Bertz CT molecular complexity index is 731. The maximum absolute atomic E-state index is 12.4. The molecule has 2 aliphatic rings. The number of hydrazone groups is 1. The highest BCUT2D eigenvalue weighted by Gasteiger charge is 2.35. The van der Waals surface area contributed by atoms with Crippen LogP contribution in [0, 0.1) is 5.92 Å². The van der Waals surface area contributed by atoms with Crippen molar-refractivity contribution in [1.29, 1.82) is 0 Å². The third-order valence-electron chi connectivity index (χ3n) is 3.63. The summed E-state index contributed by atoms with van der Waals surface area (Å²) in [6.07, 6.45) is 4.56. The molecule has 1 atom stereocenters. The van der Waals surface area contributed by atoms with Crippen LogP contribution in [0.1, 0.15) is 16.1 Å². The minimum absolute atomic E-state index is 0.188. The lowest BCUT2D eigenvalue weighted by Crippen LogP contribution is -2.29. The zero-order valence-electron chi connectivity index (χ0n) is 11.1. The number of fused-ring (bicyclic) bond motifs is 3. The molecule has 6 heteroatoms. The molecule has 5 nitrogen and oxygen atoms in total. The third-order valence-corrected chi connectivity index (χ3v) is 4.86. The fourth-order valence-corrected chi connectivity index (χ4v) is 3.76. The molecule has 1 aromatic carbocycles. The molecule has 1 unspecified atom stereocenters. The predicted octanol–water partition coefficient (Wildman–Crippen LogP) is 2.06. The van der Waals surface area contributed by atoms with Crippen LogP contribution in [0.3, 0.4) is 0 Å². The van der Waals surface area contributed by atoms with Gasteiger partial charge in [-0.3, -0.25) is 9.78 Å². The first-order valence-corrected chi connectivity index (χ1v) is 7.70. The van der Waals surface area contributed by atoms with E-state index >= 15 is 0 Å². The van der Waals surface area contributed by atoms with Crippen LogP contribution in [-0.4, -0.2) is 38.9 Å². The molecule has 0 spiro atoms. The van der Waals surface area contributed by atoms with Crippen molar-refractivity contribution < 1.29 is 4.79 Å². The molecule has 104 valence electrons. The fraction of sp³-hybridized carbons (Fsp3) is 0.200. The second-order valence-electron chi connectivity index (χ2n) is 4.97. The number of rotatable bonds is 1. The van der Waals surface area contributed by atoms with Crippen molar-refractivity contribution in [2.45, 2.75) is 4.90 Å². The van der Waals surface area contributed by atoms with E-state index in [9.17, 15) is 4.79 Å². The van der Waals surface area contributed by atoms with Gasteiger partial charge in [0.05, 0.1) is 18.5 Å². The summed E-state index contributed by atoms with van der Waals surface area (Å²) in [5, 5.41) is 6.07. The van der Waals surface area contributed by atoms with Crippen LogP contribution in [-0.2, 0) is 0 Å². The number of hydrogen-bond donors (Lipinski definition) is 0. The maximum Gasteiger partial charge on any atom is 0.294 e. The van der Waals surface area contributed by atoms with Gasteiger partial charge in [0.1, 0.15) is 5.69 Å². The highest BCUT2D eigenvalue weighted by atomic mass is 32.2. The van der Waals surface area contributed by atoms with Crippen molar-refractivity contribution in [3.63, 3.8) is 0 Å². The normalized spacial score (nSPS) is 19.7. The highest BCUT2D eigenvalue weighted by molar-refractivity contribution is 7.99. The molecule has 0 N–H and O–H groups in total. The van der Waals surface area contributed by atoms with Gasteiger partial charge in [-0.15, -0.1) is 11.8 Å². The maximum atomic E-state index is 12.4. The molecule has 21 heavy (non-hydrogen) atoms. The van der Waals surface area contributed by atoms with E-state index in [4.69, 9.17) is 0 Å². The molecule has 3 heterocycles. The Morgan fingerprint density at radius 1 is 1.29 bits per heavy atom. The summed E-state index contributed by atoms with van der Waals surface area (Å²) < 4.78 is 0. The average Bonchev–Trinajstić information content (AvgIpc) is 2.99. The molecule has 1 amide bonds. The van der Waals surface area contributed by atoms with E-state index in [1.165, 1.54) is 22.3 Å². The van der Waals surface area contributed by atoms with Crippen molar-refractivity contribution in [3.05, 3.63) is 54.1 Å². The summed E-state index contributed by atoms with van der Waals surface area (Å²) in [7, 11) is 0. The first-order valence-electron chi connectivity index (χ1n) is 6.71. The lowest BCUT2D eigenvalue weighted by Gasteiger charge is -2.20. The first-order chi connectivity index (χ1) is 10.3. The standard InChI is InChI=1S/C15H12N4OS/c20-15(12-7-16-5-6-17-12)19-8-10-9-21-13-4-2-1-3-11(13)14(10)18-19/h1-7,10H,8-9H2. The highest BCUT2D eigenvalue weighted by Crippen LogP contribution is 2.36. The Balaban J connectivity index is 1.68. The van der Waals surface area contributed by atoms with Gasteiger partial charge in [0, 0.05) is 34.5 Å². The van der Waals surface area contributed by atoms with Gasteiger partial charge in [-0.25, -0.2) is 9.99 Å². The van der Waals surface area contributed by atoms with E-state index in [0.29, 0.717) is 18.2 Å². The minimum atomic E-state index is -0.188. The number of benzene rings is 1. The third kappa shape index (κ3) is 2.12. The number of nitrogens with zero attached hydrogens (tertiary/aromatic N) is 4. The van der Waals surface area contributed by atoms with Crippen LogP contribution in [0.5, 0.6) is 0 Å². The Kier molecular flexibility index (Phi) is 2.96.